The Kier molecular flexibility index (Phi) is 6.07. The van der Waals surface area contributed by atoms with E-state index < -0.39 is 6.04 Å². The van der Waals surface area contributed by atoms with Crippen LogP contribution in [-0.4, -0.2) is 52.1 Å². The number of aryl methyl sites for hydroxylation is 1. The second-order valence-corrected chi connectivity index (χ2v) is 10.0. The highest BCUT2D eigenvalue weighted by Crippen LogP contribution is 2.38. The molecular formula is C30H28N6O4. The molecule has 4 heterocycles. The van der Waals surface area contributed by atoms with Crippen LogP contribution in [0.5, 0.6) is 17.2 Å². The Morgan fingerprint density at radius 2 is 1.82 bits per heavy atom. The zero-order valence-corrected chi connectivity index (χ0v) is 22.0. The normalized spacial score (nSPS) is 15.1. The van der Waals surface area contributed by atoms with Gasteiger partial charge in [-0.05, 0) is 64.7 Å². The molecule has 10 nitrogen and oxygen atoms in total. The minimum atomic E-state index is -0.518. The summed E-state index contributed by atoms with van der Waals surface area (Å²) in [4.78, 5) is 19.1. The number of methoxy groups -OCH3 is 1. The fraction of sp³-hybridized carbons (Fsp3) is 0.267. The maximum Gasteiger partial charge on any atom is 0.254 e. The minimum Gasteiger partial charge on any atom is -0.497 e. The van der Waals surface area contributed by atoms with Gasteiger partial charge in [-0.15, -0.1) is 5.10 Å². The highest BCUT2D eigenvalue weighted by atomic mass is 16.6. The van der Waals surface area contributed by atoms with E-state index in [1.807, 2.05) is 48.5 Å². The summed E-state index contributed by atoms with van der Waals surface area (Å²) in [6.07, 6.45) is 1.94. The van der Waals surface area contributed by atoms with Gasteiger partial charge >= 0.3 is 0 Å². The lowest BCUT2D eigenvalue weighted by molar-refractivity contribution is 0.172. The molecule has 0 saturated carbocycles. The van der Waals surface area contributed by atoms with Gasteiger partial charge < -0.3 is 24.1 Å². The van der Waals surface area contributed by atoms with Crippen molar-refractivity contribution in [3.8, 4) is 17.2 Å². The molecule has 0 aliphatic carbocycles. The Morgan fingerprint density at radius 3 is 2.65 bits per heavy atom. The van der Waals surface area contributed by atoms with Gasteiger partial charge in [-0.3, -0.25) is 4.79 Å². The molecule has 2 aromatic heterocycles. The van der Waals surface area contributed by atoms with Crippen LogP contribution in [0.2, 0.25) is 0 Å². The summed E-state index contributed by atoms with van der Waals surface area (Å²) >= 11 is 0. The molecule has 7 rings (SSSR count). The number of ether oxygens (including phenoxy) is 3. The molecule has 5 aromatic rings. The smallest absolute Gasteiger partial charge is 0.254 e. The van der Waals surface area contributed by atoms with E-state index in [1.54, 1.807) is 11.8 Å². The average molecular weight is 537 g/mol. The van der Waals surface area contributed by atoms with Gasteiger partial charge in [-0.1, -0.05) is 30.3 Å². The number of aromatic amines is 1. The highest BCUT2D eigenvalue weighted by Gasteiger charge is 2.33. The van der Waals surface area contributed by atoms with Crippen molar-refractivity contribution in [2.45, 2.75) is 25.4 Å². The van der Waals surface area contributed by atoms with Gasteiger partial charge in [0.2, 0.25) is 0 Å². The monoisotopic (exact) mass is 536 g/mol. The third-order valence-electron chi connectivity index (χ3n) is 7.58. The van der Waals surface area contributed by atoms with E-state index in [1.165, 1.54) is 5.56 Å². The third-order valence-corrected chi connectivity index (χ3v) is 7.58. The molecule has 1 unspecified atom stereocenters. The van der Waals surface area contributed by atoms with Crippen LogP contribution in [-0.2, 0) is 13.0 Å². The summed E-state index contributed by atoms with van der Waals surface area (Å²) < 4.78 is 18.6. The SMILES string of the molecule is COc1ccc(Cn2nnnc2C(c2cc3cc4c(cc3[nH]c2=O)OCCO4)N2CCCc3ccccc32)cc1. The first-order valence-electron chi connectivity index (χ1n) is 13.4. The number of aromatic nitrogens is 5. The fourth-order valence-corrected chi connectivity index (χ4v) is 5.66. The number of para-hydroxylation sites is 1. The number of anilines is 1. The first kappa shape index (κ1) is 24.2. The molecule has 0 bridgehead atoms. The van der Waals surface area contributed by atoms with Crippen LogP contribution in [0.25, 0.3) is 10.9 Å². The van der Waals surface area contributed by atoms with Crippen molar-refractivity contribution in [3.05, 3.63) is 99.6 Å². The topological polar surface area (TPSA) is 107 Å². The second kappa shape index (κ2) is 10.0. The molecule has 0 amide bonds. The predicted octanol–water partition coefficient (Wildman–Crippen LogP) is 3.88. The molecule has 1 N–H and O–H groups in total. The molecule has 40 heavy (non-hydrogen) atoms. The Bertz CT molecular complexity index is 1750. The summed E-state index contributed by atoms with van der Waals surface area (Å²) in [6, 6.07) is 21.3. The molecule has 1 atom stereocenters. The van der Waals surface area contributed by atoms with Crippen molar-refractivity contribution in [2.75, 3.05) is 31.8 Å². The van der Waals surface area contributed by atoms with E-state index in [9.17, 15) is 4.79 Å². The molecule has 0 fully saturated rings. The van der Waals surface area contributed by atoms with Gasteiger partial charge in [-0.2, -0.15) is 0 Å². The van der Waals surface area contributed by atoms with Crippen LogP contribution in [0.15, 0.2) is 71.5 Å². The zero-order chi connectivity index (χ0) is 27.1. The van der Waals surface area contributed by atoms with E-state index >= 15 is 0 Å². The van der Waals surface area contributed by atoms with Crippen LogP contribution in [0.3, 0.4) is 0 Å². The van der Waals surface area contributed by atoms with Crippen molar-refractivity contribution in [2.24, 2.45) is 0 Å². The lowest BCUT2D eigenvalue weighted by Crippen LogP contribution is -2.38. The first-order chi connectivity index (χ1) is 19.7. The number of hydrogen-bond donors (Lipinski definition) is 1. The number of fused-ring (bicyclic) bond motifs is 3. The number of hydrogen-bond acceptors (Lipinski definition) is 8. The molecule has 0 saturated heterocycles. The molecular weight excluding hydrogens is 508 g/mol. The van der Waals surface area contributed by atoms with Gasteiger partial charge in [0.15, 0.2) is 17.3 Å². The summed E-state index contributed by atoms with van der Waals surface area (Å²) in [5.41, 5.74) is 4.39. The largest absolute Gasteiger partial charge is 0.497 e. The van der Waals surface area contributed by atoms with Gasteiger partial charge in [0.05, 0.1) is 19.2 Å². The summed E-state index contributed by atoms with van der Waals surface area (Å²) in [6.45, 7) is 2.17. The molecule has 0 spiro atoms. The van der Waals surface area contributed by atoms with Crippen LogP contribution >= 0.6 is 0 Å². The lowest BCUT2D eigenvalue weighted by atomic mass is 9.96. The van der Waals surface area contributed by atoms with Crippen molar-refractivity contribution in [1.82, 2.24) is 25.2 Å². The Morgan fingerprint density at radius 1 is 1.02 bits per heavy atom. The van der Waals surface area contributed by atoms with Gasteiger partial charge in [-0.25, -0.2) is 4.68 Å². The van der Waals surface area contributed by atoms with Crippen molar-refractivity contribution < 1.29 is 14.2 Å². The summed E-state index contributed by atoms with van der Waals surface area (Å²) in [7, 11) is 1.64. The molecule has 202 valence electrons. The third kappa shape index (κ3) is 4.31. The number of H-pyrrole nitrogens is 1. The highest BCUT2D eigenvalue weighted by molar-refractivity contribution is 5.83. The van der Waals surface area contributed by atoms with Crippen molar-refractivity contribution >= 4 is 16.6 Å². The average Bonchev–Trinajstić information content (AvgIpc) is 3.44. The Hall–Kier alpha value is -4.86. The lowest BCUT2D eigenvalue weighted by Gasteiger charge is -2.37. The second-order valence-electron chi connectivity index (χ2n) is 10.0. The van der Waals surface area contributed by atoms with Gasteiger partial charge in [0.1, 0.15) is 25.0 Å². The fourth-order valence-electron chi connectivity index (χ4n) is 5.66. The molecule has 2 aliphatic rings. The van der Waals surface area contributed by atoms with Crippen LogP contribution in [0, 0.1) is 0 Å². The summed E-state index contributed by atoms with van der Waals surface area (Å²) in [5, 5.41) is 13.8. The van der Waals surface area contributed by atoms with Gasteiger partial charge in [0.25, 0.3) is 5.56 Å². The Labute approximate surface area is 230 Å². The molecule has 0 radical (unpaired) electrons. The maximum absolute atomic E-state index is 13.8. The zero-order valence-electron chi connectivity index (χ0n) is 22.0. The predicted molar refractivity (Wildman–Crippen MR) is 149 cm³/mol. The van der Waals surface area contributed by atoms with E-state index in [0.29, 0.717) is 48.2 Å². The molecule has 2 aliphatic heterocycles. The number of rotatable bonds is 6. The number of tetrazole rings is 1. The maximum atomic E-state index is 13.8. The first-order valence-corrected chi connectivity index (χ1v) is 13.4. The minimum absolute atomic E-state index is 0.198. The molecule has 10 heteroatoms. The van der Waals surface area contributed by atoms with E-state index in [-0.39, 0.29) is 5.56 Å². The van der Waals surface area contributed by atoms with E-state index in [4.69, 9.17) is 14.2 Å². The number of nitrogens with zero attached hydrogens (tertiary/aromatic N) is 5. The molecule has 3 aromatic carbocycles. The quantitative estimate of drug-likeness (QED) is 0.348. The van der Waals surface area contributed by atoms with Crippen LogP contribution in [0.4, 0.5) is 5.69 Å². The standard InChI is InChI=1S/C30H28N6O4/c1-38-22-10-8-19(9-11-22)18-36-29(32-33-34-36)28(35-12-4-6-20-5-2-3-7-25(20)35)23-15-21-16-26-27(40-14-13-39-26)17-24(21)31-30(23)37/h2-3,5,7-11,15-17,28H,4,6,12-14,18H2,1H3,(H,31,37). The number of nitrogens with one attached hydrogen (secondary N) is 1. The Balaban J connectivity index is 1.38. The van der Waals surface area contributed by atoms with Crippen LogP contribution < -0.4 is 24.7 Å². The van der Waals surface area contributed by atoms with Gasteiger partial charge in [0, 0.05) is 29.2 Å². The summed E-state index contributed by atoms with van der Waals surface area (Å²) in [5.74, 6) is 2.67. The number of pyridine rings is 1. The van der Waals surface area contributed by atoms with Crippen molar-refractivity contribution in [1.29, 1.82) is 0 Å². The van der Waals surface area contributed by atoms with E-state index in [0.717, 1.165) is 41.8 Å². The van der Waals surface area contributed by atoms with Crippen molar-refractivity contribution in [3.63, 3.8) is 0 Å². The van der Waals surface area contributed by atoms with Crippen LogP contribution in [0.1, 0.15) is 35.0 Å². The van der Waals surface area contributed by atoms with E-state index in [2.05, 4.69) is 43.6 Å². The number of benzene rings is 3.